The summed E-state index contributed by atoms with van der Waals surface area (Å²) in [5, 5.41) is 29.7. The van der Waals surface area contributed by atoms with E-state index in [0.717, 1.165) is 5.56 Å². The normalized spacial score (nSPS) is 25.6. The quantitative estimate of drug-likeness (QED) is 0.533. The van der Waals surface area contributed by atoms with Crippen molar-refractivity contribution in [2.75, 3.05) is 6.61 Å². The smallest absolute Gasteiger partial charge is 0.181 e. The minimum Gasteiger partial charge on any atom is -0.394 e. The van der Waals surface area contributed by atoms with Crippen LogP contribution in [0.3, 0.4) is 0 Å². The van der Waals surface area contributed by atoms with Crippen LogP contribution in [0.2, 0.25) is 0 Å². The van der Waals surface area contributed by atoms with Gasteiger partial charge in [0.1, 0.15) is 30.2 Å². The minimum atomic E-state index is -1.23. The van der Waals surface area contributed by atoms with Crippen LogP contribution in [0.5, 0.6) is 0 Å². The van der Waals surface area contributed by atoms with E-state index in [-0.39, 0.29) is 0 Å². The number of aromatic nitrogens is 4. The highest BCUT2D eigenvalue weighted by Gasteiger charge is 2.44. The molecule has 0 unspecified atom stereocenters. The molecule has 2 aromatic heterocycles. The van der Waals surface area contributed by atoms with E-state index < -0.39 is 31.1 Å². The molecule has 1 aliphatic rings. The Labute approximate surface area is 162 Å². The van der Waals surface area contributed by atoms with E-state index in [1.807, 2.05) is 42.5 Å². The highest BCUT2D eigenvalue weighted by Crippen LogP contribution is 2.34. The number of aliphatic hydroxyl groups is 3. The molecule has 1 aromatic carbocycles. The van der Waals surface area contributed by atoms with Crippen LogP contribution in [-0.4, -0.2) is 59.8 Å². The topological polar surface area (TPSA) is 114 Å². The molecule has 1 saturated heterocycles. The van der Waals surface area contributed by atoms with Gasteiger partial charge in [0.25, 0.3) is 0 Å². The predicted molar refractivity (Wildman–Crippen MR) is 101 cm³/mol. The maximum atomic E-state index is 10.3. The van der Waals surface area contributed by atoms with E-state index in [2.05, 4.69) is 30.9 Å². The molecule has 4 rings (SSSR count). The number of hydrogen-bond acceptors (Lipinski definition) is 7. The van der Waals surface area contributed by atoms with Gasteiger partial charge in [-0.1, -0.05) is 36.4 Å². The lowest BCUT2D eigenvalue weighted by Gasteiger charge is -2.17. The minimum absolute atomic E-state index is 0.377. The number of imidazole rings is 1. The molecule has 140 valence electrons. The van der Waals surface area contributed by atoms with Crippen molar-refractivity contribution in [2.24, 2.45) is 0 Å². The largest absolute Gasteiger partial charge is 0.394 e. The van der Waals surface area contributed by atoms with E-state index in [9.17, 15) is 15.3 Å². The van der Waals surface area contributed by atoms with Crippen LogP contribution in [0.15, 0.2) is 41.4 Å². The third kappa shape index (κ3) is 3.28. The lowest BCUT2D eigenvalue weighted by atomic mass is 10.1. The molecule has 0 spiro atoms. The zero-order valence-electron chi connectivity index (χ0n) is 14.1. The summed E-state index contributed by atoms with van der Waals surface area (Å²) >= 11 is 3.36. The summed E-state index contributed by atoms with van der Waals surface area (Å²) in [7, 11) is 0. The van der Waals surface area contributed by atoms with Gasteiger partial charge in [0, 0.05) is 0 Å². The molecule has 3 N–H and O–H groups in total. The molecule has 0 aliphatic carbocycles. The van der Waals surface area contributed by atoms with Gasteiger partial charge in [0.15, 0.2) is 16.6 Å². The third-order valence-electron chi connectivity index (χ3n) is 4.47. The average molecular weight is 433 g/mol. The first-order valence-electron chi connectivity index (χ1n) is 8.34. The molecule has 0 radical (unpaired) electrons. The van der Waals surface area contributed by atoms with Crippen LogP contribution in [0.25, 0.3) is 23.3 Å². The molecular formula is C18H17BrN4O4. The molecule has 3 heterocycles. The second-order valence-corrected chi connectivity index (χ2v) is 6.86. The number of halogens is 1. The molecule has 0 amide bonds. The van der Waals surface area contributed by atoms with E-state index in [1.165, 1.54) is 6.33 Å². The molecule has 3 aromatic rings. The van der Waals surface area contributed by atoms with Gasteiger partial charge in [-0.15, -0.1) is 0 Å². The van der Waals surface area contributed by atoms with Crippen LogP contribution in [-0.2, 0) is 4.74 Å². The van der Waals surface area contributed by atoms with Gasteiger partial charge < -0.3 is 20.1 Å². The Morgan fingerprint density at radius 2 is 1.89 bits per heavy atom. The Morgan fingerprint density at radius 3 is 2.59 bits per heavy atom. The first-order chi connectivity index (χ1) is 13.1. The molecule has 8 nitrogen and oxygen atoms in total. The molecule has 1 fully saturated rings. The van der Waals surface area contributed by atoms with Crippen molar-refractivity contribution in [1.29, 1.82) is 0 Å². The van der Waals surface area contributed by atoms with Crippen molar-refractivity contribution in [3.8, 4) is 0 Å². The van der Waals surface area contributed by atoms with E-state index >= 15 is 0 Å². The number of nitrogens with zero attached hydrogens (tertiary/aromatic N) is 4. The number of ether oxygens (including phenoxy) is 1. The Bertz CT molecular complexity index is 978. The van der Waals surface area contributed by atoms with E-state index in [0.29, 0.717) is 21.6 Å². The van der Waals surface area contributed by atoms with Crippen molar-refractivity contribution in [1.82, 2.24) is 19.5 Å². The fourth-order valence-corrected chi connectivity index (χ4v) is 3.63. The van der Waals surface area contributed by atoms with Crippen molar-refractivity contribution in [3.05, 3.63) is 52.7 Å². The van der Waals surface area contributed by atoms with Crippen LogP contribution in [0.1, 0.15) is 17.5 Å². The van der Waals surface area contributed by atoms with E-state index in [4.69, 9.17) is 4.74 Å². The maximum absolute atomic E-state index is 10.3. The standard InChI is InChI=1S/C18H17BrN4O4/c19-18-22-13-11(7-6-10-4-2-1-3-5-10)20-9-21-16(13)23(18)17-15(26)14(25)12(8-24)27-17/h1-7,9,12,14-15,17,24-26H,8H2/b7-6+/t12-,14-,15-,17-/m1/s1. The predicted octanol–water partition coefficient (Wildman–Crippen LogP) is 1.37. The Kier molecular flexibility index (Phi) is 5.02. The number of hydrogen-bond donors (Lipinski definition) is 3. The van der Waals surface area contributed by atoms with Gasteiger partial charge in [-0.3, -0.25) is 4.57 Å². The van der Waals surface area contributed by atoms with Crippen LogP contribution >= 0.6 is 15.9 Å². The second-order valence-electron chi connectivity index (χ2n) is 6.15. The highest BCUT2D eigenvalue weighted by molar-refractivity contribution is 9.10. The van der Waals surface area contributed by atoms with Crippen LogP contribution in [0, 0.1) is 0 Å². The summed E-state index contributed by atoms with van der Waals surface area (Å²) in [6.45, 7) is -0.404. The van der Waals surface area contributed by atoms with Crippen molar-refractivity contribution >= 4 is 39.2 Å². The van der Waals surface area contributed by atoms with Crippen molar-refractivity contribution < 1.29 is 20.1 Å². The van der Waals surface area contributed by atoms with Crippen LogP contribution < -0.4 is 0 Å². The van der Waals surface area contributed by atoms with Gasteiger partial charge in [-0.05, 0) is 27.6 Å². The van der Waals surface area contributed by atoms with Gasteiger partial charge in [-0.2, -0.15) is 0 Å². The Balaban J connectivity index is 1.74. The molecule has 0 bridgehead atoms. The molecule has 4 atom stereocenters. The molecule has 0 saturated carbocycles. The summed E-state index contributed by atoms with van der Waals surface area (Å²) in [5.74, 6) is 0. The first kappa shape index (κ1) is 18.2. The van der Waals surface area contributed by atoms with E-state index in [1.54, 1.807) is 4.57 Å². The summed E-state index contributed by atoms with van der Waals surface area (Å²) in [6.07, 6.45) is 0.907. The average Bonchev–Trinajstić information content (AvgIpc) is 3.17. The zero-order chi connectivity index (χ0) is 19.0. The second kappa shape index (κ2) is 7.45. The van der Waals surface area contributed by atoms with Crippen molar-refractivity contribution in [3.63, 3.8) is 0 Å². The Hall–Kier alpha value is -2.17. The Morgan fingerprint density at radius 1 is 1.11 bits per heavy atom. The SMILES string of the molecule is OC[C@H]1O[C@@H](n2c(Br)nc3c(/C=C/c4ccccc4)ncnc32)[C@H](O)[C@@H]1O. The molecular weight excluding hydrogens is 416 g/mol. The van der Waals surface area contributed by atoms with Gasteiger partial charge >= 0.3 is 0 Å². The summed E-state index contributed by atoms with van der Waals surface area (Å²) in [4.78, 5) is 13.0. The summed E-state index contributed by atoms with van der Waals surface area (Å²) in [5.41, 5.74) is 2.59. The maximum Gasteiger partial charge on any atom is 0.181 e. The highest BCUT2D eigenvalue weighted by atomic mass is 79.9. The third-order valence-corrected chi connectivity index (χ3v) is 5.03. The monoisotopic (exact) mass is 432 g/mol. The van der Waals surface area contributed by atoms with Gasteiger partial charge in [-0.25, -0.2) is 15.0 Å². The van der Waals surface area contributed by atoms with Crippen molar-refractivity contribution in [2.45, 2.75) is 24.5 Å². The molecule has 9 heteroatoms. The summed E-state index contributed by atoms with van der Waals surface area (Å²) < 4.78 is 7.52. The number of aliphatic hydroxyl groups excluding tert-OH is 3. The zero-order valence-corrected chi connectivity index (χ0v) is 15.6. The lowest BCUT2D eigenvalue weighted by molar-refractivity contribution is -0.0521. The first-order valence-corrected chi connectivity index (χ1v) is 9.13. The van der Waals surface area contributed by atoms with Gasteiger partial charge in [0.2, 0.25) is 0 Å². The van der Waals surface area contributed by atoms with Gasteiger partial charge in [0.05, 0.1) is 12.3 Å². The molecule has 1 aliphatic heterocycles. The molecule has 27 heavy (non-hydrogen) atoms. The summed E-state index contributed by atoms with van der Waals surface area (Å²) in [6, 6.07) is 9.79. The number of fused-ring (bicyclic) bond motifs is 1. The fraction of sp³-hybridized carbons (Fsp3) is 0.278. The lowest BCUT2D eigenvalue weighted by Crippen LogP contribution is -2.33. The number of benzene rings is 1. The number of rotatable bonds is 4. The fourth-order valence-electron chi connectivity index (χ4n) is 3.08. The van der Waals surface area contributed by atoms with Crippen LogP contribution in [0.4, 0.5) is 0 Å².